The Morgan fingerprint density at radius 1 is 0.329 bits per heavy atom. The normalized spacial score (nSPS) is 13.3. The van der Waals surface area contributed by atoms with E-state index in [4.69, 9.17) is 0 Å². The van der Waals surface area contributed by atoms with Crippen molar-refractivity contribution >= 4 is 5.91 Å². The van der Waals surface area contributed by atoms with E-state index in [1.165, 1.54) is 263 Å². The molecule has 1 amide bonds. The lowest BCUT2D eigenvalue weighted by Crippen LogP contribution is -2.45. The Morgan fingerprint density at radius 3 is 0.921 bits per heavy atom. The number of allylic oxidation sites excluding steroid dienone is 13. The number of aliphatic hydroxyl groups is 2. The molecule has 0 aliphatic rings. The Labute approximate surface area is 475 Å². The molecule has 0 heterocycles. The van der Waals surface area contributed by atoms with Gasteiger partial charge in [-0.1, -0.05) is 343 Å². The summed E-state index contributed by atoms with van der Waals surface area (Å²) in [5.74, 6) is -0.0730. The molecule has 0 radical (unpaired) electrons. The van der Waals surface area contributed by atoms with Gasteiger partial charge in [-0.2, -0.15) is 0 Å². The minimum absolute atomic E-state index is 0.0730. The van der Waals surface area contributed by atoms with Gasteiger partial charge in [0.25, 0.3) is 0 Å². The Kier molecular flexibility index (Phi) is 64.7. The van der Waals surface area contributed by atoms with Gasteiger partial charge in [-0.15, -0.1) is 0 Å². The lowest BCUT2D eigenvalue weighted by molar-refractivity contribution is -0.123. The number of amides is 1. The van der Waals surface area contributed by atoms with E-state index < -0.39 is 12.1 Å². The molecule has 4 nitrogen and oxygen atoms in total. The molecule has 442 valence electrons. The van der Waals surface area contributed by atoms with E-state index in [1.807, 2.05) is 6.08 Å². The number of rotatable bonds is 62. The van der Waals surface area contributed by atoms with Gasteiger partial charge in [0.15, 0.2) is 0 Å². The molecule has 0 aliphatic heterocycles. The maximum Gasteiger partial charge on any atom is 0.220 e. The SMILES string of the molecule is CC/C=C\C/C=C\C/C=C\C/C=C\CCCCCCCCCCCCCCCCCCCCCCCCCCCCC(=O)NC(CO)C(O)/C=C/CC/C=C/CC/C=C/CCCCCCCCCCCCCCCCC. The highest BCUT2D eigenvalue weighted by Gasteiger charge is 2.18. The predicted molar refractivity (Wildman–Crippen MR) is 340 cm³/mol. The molecule has 0 saturated carbocycles. The van der Waals surface area contributed by atoms with E-state index in [9.17, 15) is 15.0 Å². The van der Waals surface area contributed by atoms with Gasteiger partial charge in [0, 0.05) is 6.42 Å². The van der Waals surface area contributed by atoms with E-state index in [2.05, 4.69) is 92.1 Å². The van der Waals surface area contributed by atoms with E-state index in [1.54, 1.807) is 6.08 Å². The Morgan fingerprint density at radius 2 is 0.592 bits per heavy atom. The van der Waals surface area contributed by atoms with Gasteiger partial charge in [-0.05, 0) is 83.5 Å². The van der Waals surface area contributed by atoms with Crippen molar-refractivity contribution in [2.24, 2.45) is 0 Å². The second-order valence-electron chi connectivity index (χ2n) is 22.8. The van der Waals surface area contributed by atoms with Crippen LogP contribution in [0.3, 0.4) is 0 Å². The van der Waals surface area contributed by atoms with Crippen molar-refractivity contribution in [3.63, 3.8) is 0 Å². The lowest BCUT2D eigenvalue weighted by Gasteiger charge is -2.19. The lowest BCUT2D eigenvalue weighted by atomic mass is 10.0. The van der Waals surface area contributed by atoms with Crippen molar-refractivity contribution in [1.82, 2.24) is 5.32 Å². The van der Waals surface area contributed by atoms with Crippen molar-refractivity contribution in [2.75, 3.05) is 6.61 Å². The quantitative estimate of drug-likeness (QED) is 0.0420. The van der Waals surface area contributed by atoms with Gasteiger partial charge >= 0.3 is 0 Å². The number of hydrogen-bond acceptors (Lipinski definition) is 3. The summed E-state index contributed by atoms with van der Waals surface area (Å²) in [5.41, 5.74) is 0. The topological polar surface area (TPSA) is 69.6 Å². The minimum Gasteiger partial charge on any atom is -0.394 e. The van der Waals surface area contributed by atoms with Crippen LogP contribution in [0.5, 0.6) is 0 Å². The highest BCUT2D eigenvalue weighted by Crippen LogP contribution is 2.18. The molecule has 0 fully saturated rings. The predicted octanol–water partition coefficient (Wildman–Crippen LogP) is 23.0. The number of carbonyl (C=O) groups is 1. The third kappa shape index (κ3) is 62.4. The third-order valence-electron chi connectivity index (χ3n) is 15.3. The molecule has 2 unspecified atom stereocenters. The van der Waals surface area contributed by atoms with Crippen LogP contribution in [-0.4, -0.2) is 34.9 Å². The van der Waals surface area contributed by atoms with Crippen LogP contribution in [0.4, 0.5) is 0 Å². The standard InChI is InChI=1S/C72H131NO3/c1-3-5-7-9-11-13-15-17-19-21-23-25-27-29-30-31-32-33-34-35-36-37-38-39-40-41-42-44-46-48-50-52-54-56-58-60-62-64-66-68-72(76)73-70(69-74)71(75)67-65-63-61-59-57-55-53-51-49-47-45-43-28-26-24-22-20-18-16-14-12-10-8-6-4-2/h5,7,11,13,17,19,23,25,49,51,57,59,65,67,70-71,74-75H,3-4,6,8-10,12,14-16,18,20-22,24,26-48,50,52-56,58,60-64,66,68-69H2,1-2H3,(H,73,76)/b7-5-,13-11-,19-17-,25-23-,51-49+,59-57+,67-65+. The molecule has 0 aliphatic carbocycles. The first-order valence-corrected chi connectivity index (χ1v) is 33.8. The first-order chi connectivity index (χ1) is 37.7. The second kappa shape index (κ2) is 66.8. The fraction of sp³-hybridized carbons (Fsp3) is 0.792. The van der Waals surface area contributed by atoms with E-state index >= 15 is 0 Å². The number of hydrogen-bond donors (Lipinski definition) is 3. The number of aliphatic hydroxyl groups excluding tert-OH is 2. The Hall–Kier alpha value is -2.43. The molecule has 0 saturated heterocycles. The van der Waals surface area contributed by atoms with Crippen molar-refractivity contribution in [3.05, 3.63) is 85.1 Å². The summed E-state index contributed by atoms with van der Waals surface area (Å²) >= 11 is 0. The minimum atomic E-state index is -0.873. The smallest absolute Gasteiger partial charge is 0.220 e. The molecular formula is C72H131NO3. The maximum atomic E-state index is 12.5. The van der Waals surface area contributed by atoms with Gasteiger partial charge in [-0.25, -0.2) is 0 Å². The van der Waals surface area contributed by atoms with Crippen LogP contribution in [0.25, 0.3) is 0 Å². The van der Waals surface area contributed by atoms with Crippen LogP contribution in [0.1, 0.15) is 348 Å². The van der Waals surface area contributed by atoms with E-state index in [0.29, 0.717) is 6.42 Å². The molecule has 3 N–H and O–H groups in total. The van der Waals surface area contributed by atoms with Gasteiger partial charge in [0.05, 0.1) is 18.8 Å². The fourth-order valence-electron chi connectivity index (χ4n) is 10.3. The average Bonchev–Trinajstić information content (AvgIpc) is 3.42. The van der Waals surface area contributed by atoms with Crippen molar-refractivity contribution < 1.29 is 15.0 Å². The fourth-order valence-corrected chi connectivity index (χ4v) is 10.3. The average molecular weight is 1060 g/mol. The summed E-state index contributed by atoms with van der Waals surface area (Å²) in [4.78, 5) is 12.5. The van der Waals surface area contributed by atoms with Gasteiger partial charge in [0.2, 0.25) is 5.91 Å². The molecule has 2 atom stereocenters. The number of unbranched alkanes of at least 4 members (excludes halogenated alkanes) is 43. The van der Waals surface area contributed by atoms with Crippen molar-refractivity contribution in [2.45, 2.75) is 360 Å². The highest BCUT2D eigenvalue weighted by atomic mass is 16.3. The Balaban J connectivity index is 3.46. The summed E-state index contributed by atoms with van der Waals surface area (Å²) < 4.78 is 0. The molecule has 0 aromatic carbocycles. The first-order valence-electron chi connectivity index (χ1n) is 33.8. The second-order valence-corrected chi connectivity index (χ2v) is 22.8. The molecule has 0 spiro atoms. The van der Waals surface area contributed by atoms with Crippen LogP contribution >= 0.6 is 0 Å². The monoisotopic (exact) mass is 1060 g/mol. The first kappa shape index (κ1) is 73.6. The summed E-state index contributed by atoms with van der Waals surface area (Å²) in [6.45, 7) is 4.21. The van der Waals surface area contributed by atoms with Gasteiger partial charge in [-0.3, -0.25) is 4.79 Å². The molecule has 0 rings (SSSR count). The molecule has 0 aromatic rings. The maximum absolute atomic E-state index is 12.5. The van der Waals surface area contributed by atoms with Crippen LogP contribution in [0.15, 0.2) is 85.1 Å². The molecule has 76 heavy (non-hydrogen) atoms. The Bertz CT molecular complexity index is 1340. The van der Waals surface area contributed by atoms with Crippen molar-refractivity contribution in [1.29, 1.82) is 0 Å². The zero-order chi connectivity index (χ0) is 54.8. The number of nitrogens with one attached hydrogen (secondary N) is 1. The van der Waals surface area contributed by atoms with Crippen LogP contribution < -0.4 is 5.32 Å². The third-order valence-corrected chi connectivity index (χ3v) is 15.3. The summed E-state index contributed by atoms with van der Waals surface area (Å²) in [7, 11) is 0. The largest absolute Gasteiger partial charge is 0.394 e. The van der Waals surface area contributed by atoms with Crippen LogP contribution in [0.2, 0.25) is 0 Å². The van der Waals surface area contributed by atoms with Gasteiger partial charge in [0.1, 0.15) is 0 Å². The zero-order valence-electron chi connectivity index (χ0n) is 51.0. The summed E-state index contributed by atoms with van der Waals surface area (Å²) in [5, 5.41) is 23.2. The molecule has 4 heteroatoms. The molecule has 0 bridgehead atoms. The number of carbonyl (C=O) groups excluding carboxylic acids is 1. The van der Waals surface area contributed by atoms with Crippen LogP contribution in [-0.2, 0) is 4.79 Å². The summed E-state index contributed by atoms with van der Waals surface area (Å²) in [6, 6.07) is -0.648. The van der Waals surface area contributed by atoms with Gasteiger partial charge < -0.3 is 15.5 Å². The van der Waals surface area contributed by atoms with Crippen molar-refractivity contribution in [3.8, 4) is 0 Å². The zero-order valence-corrected chi connectivity index (χ0v) is 51.0. The van der Waals surface area contributed by atoms with Crippen LogP contribution in [0, 0.1) is 0 Å². The molecule has 0 aromatic heterocycles. The molecular weight excluding hydrogens is 927 g/mol. The van der Waals surface area contributed by atoms with E-state index in [-0.39, 0.29) is 12.5 Å². The highest BCUT2D eigenvalue weighted by molar-refractivity contribution is 5.76. The van der Waals surface area contributed by atoms with E-state index in [0.717, 1.165) is 64.2 Å². The summed E-state index contributed by atoms with van der Waals surface area (Å²) in [6.07, 6.45) is 98.1.